The predicted octanol–water partition coefficient (Wildman–Crippen LogP) is 4.49. The second-order valence-electron chi connectivity index (χ2n) is 5.68. The van der Waals surface area contributed by atoms with Gasteiger partial charge in [0.15, 0.2) is 5.82 Å². The van der Waals surface area contributed by atoms with Crippen molar-refractivity contribution in [2.45, 2.75) is 12.8 Å². The van der Waals surface area contributed by atoms with Crippen LogP contribution >= 0.6 is 15.9 Å². The zero-order chi connectivity index (χ0) is 18.4. The zero-order valence-electron chi connectivity index (χ0n) is 14.3. The Morgan fingerprint density at radius 1 is 1.12 bits per heavy atom. The van der Waals surface area contributed by atoms with Gasteiger partial charge >= 0.3 is 0 Å². The lowest BCUT2D eigenvalue weighted by molar-refractivity contribution is -0.116. The van der Waals surface area contributed by atoms with E-state index in [0.29, 0.717) is 24.4 Å². The first-order valence-electron chi connectivity index (χ1n) is 8.15. The first-order chi connectivity index (χ1) is 12.7. The molecule has 0 aliphatic carbocycles. The summed E-state index contributed by atoms with van der Waals surface area (Å²) in [5.74, 6) is 1.33. The highest BCUT2D eigenvalue weighted by atomic mass is 79.9. The molecule has 1 aromatic heterocycles. The van der Waals surface area contributed by atoms with Gasteiger partial charge in [0.1, 0.15) is 5.75 Å². The van der Waals surface area contributed by atoms with Crippen LogP contribution in [0.3, 0.4) is 0 Å². The van der Waals surface area contributed by atoms with Crippen molar-refractivity contribution in [1.29, 1.82) is 0 Å². The van der Waals surface area contributed by atoms with E-state index in [1.165, 1.54) is 0 Å². The second-order valence-corrected chi connectivity index (χ2v) is 6.53. The Bertz CT molecular complexity index is 883. The van der Waals surface area contributed by atoms with Gasteiger partial charge in [-0.3, -0.25) is 4.79 Å². The molecule has 0 spiro atoms. The number of rotatable bonds is 6. The minimum Gasteiger partial charge on any atom is -0.496 e. The van der Waals surface area contributed by atoms with Crippen molar-refractivity contribution in [2.24, 2.45) is 0 Å². The minimum absolute atomic E-state index is 0.0759. The van der Waals surface area contributed by atoms with Crippen LogP contribution in [0, 0.1) is 0 Å². The molecule has 2 aromatic carbocycles. The number of ether oxygens (including phenoxy) is 1. The van der Waals surface area contributed by atoms with Gasteiger partial charge < -0.3 is 10.1 Å². The topological polar surface area (TPSA) is 64.1 Å². The first kappa shape index (κ1) is 18.1. The normalized spacial score (nSPS) is 10.4. The third kappa shape index (κ3) is 4.67. The molecule has 1 N–H and O–H groups in total. The van der Waals surface area contributed by atoms with Crippen LogP contribution < -0.4 is 10.1 Å². The van der Waals surface area contributed by atoms with Gasteiger partial charge in [-0.2, -0.15) is 0 Å². The molecule has 0 radical (unpaired) electrons. The number of hydrogen-bond acceptors (Lipinski definition) is 4. The van der Waals surface area contributed by atoms with E-state index in [0.717, 1.165) is 21.3 Å². The fourth-order valence-electron chi connectivity index (χ4n) is 2.48. The van der Waals surface area contributed by atoms with Gasteiger partial charge in [-0.25, -0.2) is 9.97 Å². The van der Waals surface area contributed by atoms with Gasteiger partial charge in [0, 0.05) is 12.0 Å². The van der Waals surface area contributed by atoms with Gasteiger partial charge in [0.05, 0.1) is 29.7 Å². The van der Waals surface area contributed by atoms with E-state index < -0.39 is 0 Å². The van der Waals surface area contributed by atoms with E-state index in [1.807, 2.05) is 48.5 Å². The van der Waals surface area contributed by atoms with Crippen LogP contribution in [0.15, 0.2) is 65.4 Å². The molecule has 1 heterocycles. The highest BCUT2D eigenvalue weighted by Gasteiger charge is 2.07. The minimum atomic E-state index is -0.0759. The molecule has 0 aliphatic heterocycles. The van der Waals surface area contributed by atoms with E-state index in [4.69, 9.17) is 4.74 Å². The molecule has 3 rings (SSSR count). The van der Waals surface area contributed by atoms with Gasteiger partial charge in [0.2, 0.25) is 5.91 Å². The van der Waals surface area contributed by atoms with Crippen LogP contribution in [0.2, 0.25) is 0 Å². The fourth-order valence-corrected chi connectivity index (χ4v) is 3.06. The maximum Gasteiger partial charge on any atom is 0.224 e. The first-order valence-corrected chi connectivity index (χ1v) is 8.95. The average Bonchev–Trinajstić information content (AvgIpc) is 2.68. The number of halogens is 1. The quantitative estimate of drug-likeness (QED) is 0.648. The number of aryl methyl sites for hydroxylation is 1. The number of benzene rings is 2. The lowest BCUT2D eigenvalue weighted by atomic mass is 10.1. The number of anilines is 1. The van der Waals surface area contributed by atoms with Crippen molar-refractivity contribution in [1.82, 2.24) is 9.97 Å². The monoisotopic (exact) mass is 411 g/mol. The fraction of sp³-hybridized carbons (Fsp3) is 0.150. The largest absolute Gasteiger partial charge is 0.496 e. The van der Waals surface area contributed by atoms with Crippen molar-refractivity contribution in [3.8, 4) is 17.1 Å². The summed E-state index contributed by atoms with van der Waals surface area (Å²) in [4.78, 5) is 20.8. The van der Waals surface area contributed by atoms with Crippen molar-refractivity contribution in [3.05, 3.63) is 71.0 Å². The van der Waals surface area contributed by atoms with Crippen LogP contribution in [0.4, 0.5) is 5.69 Å². The van der Waals surface area contributed by atoms with Gasteiger partial charge in [-0.15, -0.1) is 0 Å². The molecule has 0 aliphatic rings. The van der Waals surface area contributed by atoms with Gasteiger partial charge in [0.25, 0.3) is 0 Å². The SMILES string of the molecule is COc1ccc(CCC(=O)Nc2cnc(-c3ccccc3)nc2)cc1Br. The molecule has 6 heteroatoms. The Hall–Kier alpha value is -2.73. The number of amides is 1. The summed E-state index contributed by atoms with van der Waals surface area (Å²) < 4.78 is 6.08. The standard InChI is InChI=1S/C20H18BrN3O2/c1-26-18-9-7-14(11-17(18)21)8-10-19(25)24-16-12-22-20(23-13-16)15-5-3-2-4-6-15/h2-7,9,11-13H,8,10H2,1H3,(H,24,25). The summed E-state index contributed by atoms with van der Waals surface area (Å²) in [6, 6.07) is 15.5. The van der Waals surface area contributed by atoms with E-state index in [-0.39, 0.29) is 5.91 Å². The molecular weight excluding hydrogens is 394 g/mol. The third-order valence-electron chi connectivity index (χ3n) is 3.82. The second kappa shape index (κ2) is 8.58. The Morgan fingerprint density at radius 3 is 2.50 bits per heavy atom. The van der Waals surface area contributed by atoms with Crippen LogP contribution in [-0.4, -0.2) is 23.0 Å². The zero-order valence-corrected chi connectivity index (χ0v) is 15.9. The Morgan fingerprint density at radius 2 is 1.85 bits per heavy atom. The average molecular weight is 412 g/mol. The molecule has 0 saturated carbocycles. The van der Waals surface area contributed by atoms with Crippen LogP contribution in [0.1, 0.15) is 12.0 Å². The number of carbonyl (C=O) groups is 1. The van der Waals surface area contributed by atoms with Crippen LogP contribution in [-0.2, 0) is 11.2 Å². The molecule has 0 fully saturated rings. The van der Waals surface area contributed by atoms with Crippen molar-refractivity contribution < 1.29 is 9.53 Å². The maximum absolute atomic E-state index is 12.1. The molecule has 26 heavy (non-hydrogen) atoms. The number of nitrogens with one attached hydrogen (secondary N) is 1. The molecule has 0 bridgehead atoms. The molecule has 3 aromatic rings. The lowest BCUT2D eigenvalue weighted by Gasteiger charge is -2.07. The molecule has 132 valence electrons. The van der Waals surface area contributed by atoms with Crippen molar-refractivity contribution >= 4 is 27.5 Å². The Balaban J connectivity index is 1.56. The summed E-state index contributed by atoms with van der Waals surface area (Å²) in [6.45, 7) is 0. The van der Waals surface area contributed by atoms with Crippen molar-refractivity contribution in [2.75, 3.05) is 12.4 Å². The smallest absolute Gasteiger partial charge is 0.224 e. The lowest BCUT2D eigenvalue weighted by Crippen LogP contribution is -2.12. The number of hydrogen-bond donors (Lipinski definition) is 1. The summed E-state index contributed by atoms with van der Waals surface area (Å²) in [5.41, 5.74) is 2.59. The predicted molar refractivity (Wildman–Crippen MR) is 105 cm³/mol. The Kier molecular flexibility index (Phi) is 5.96. The summed E-state index contributed by atoms with van der Waals surface area (Å²) in [6.07, 6.45) is 4.25. The highest BCUT2D eigenvalue weighted by Crippen LogP contribution is 2.26. The van der Waals surface area contributed by atoms with Crippen LogP contribution in [0.25, 0.3) is 11.4 Å². The molecule has 0 unspecified atom stereocenters. The van der Waals surface area contributed by atoms with Crippen molar-refractivity contribution in [3.63, 3.8) is 0 Å². The maximum atomic E-state index is 12.1. The van der Waals surface area contributed by atoms with Gasteiger partial charge in [-0.1, -0.05) is 36.4 Å². The highest BCUT2D eigenvalue weighted by molar-refractivity contribution is 9.10. The Labute approximate surface area is 160 Å². The number of nitrogens with zero attached hydrogens (tertiary/aromatic N) is 2. The van der Waals surface area contributed by atoms with E-state index in [2.05, 4.69) is 31.2 Å². The van der Waals surface area contributed by atoms with E-state index >= 15 is 0 Å². The number of methoxy groups -OCH3 is 1. The van der Waals surface area contributed by atoms with E-state index in [1.54, 1.807) is 19.5 Å². The molecule has 1 amide bonds. The summed E-state index contributed by atoms with van der Waals surface area (Å²) >= 11 is 3.45. The summed E-state index contributed by atoms with van der Waals surface area (Å²) in [5, 5.41) is 2.83. The van der Waals surface area contributed by atoms with Gasteiger partial charge in [-0.05, 0) is 40.0 Å². The third-order valence-corrected chi connectivity index (χ3v) is 4.44. The molecule has 5 nitrogen and oxygen atoms in total. The molecule has 0 atom stereocenters. The molecular formula is C20H18BrN3O2. The summed E-state index contributed by atoms with van der Waals surface area (Å²) in [7, 11) is 1.62. The number of aromatic nitrogens is 2. The van der Waals surface area contributed by atoms with Crippen LogP contribution in [0.5, 0.6) is 5.75 Å². The molecule has 0 saturated heterocycles. The van der Waals surface area contributed by atoms with E-state index in [9.17, 15) is 4.79 Å². The number of carbonyl (C=O) groups excluding carboxylic acids is 1.